The number of amides is 1. The van der Waals surface area contributed by atoms with E-state index in [1.165, 1.54) is 24.1 Å². The number of carbonyl (C=O) groups excluding carboxylic acids is 2. The van der Waals surface area contributed by atoms with Crippen LogP contribution in [-0.2, 0) is 16.1 Å². The van der Waals surface area contributed by atoms with Gasteiger partial charge in [-0.15, -0.1) is 0 Å². The molecule has 1 atom stereocenters. The maximum atomic E-state index is 13.1. The fourth-order valence-corrected chi connectivity index (χ4v) is 4.38. The van der Waals surface area contributed by atoms with E-state index in [1.807, 2.05) is 6.07 Å². The maximum Gasteiger partial charge on any atom is 0.296 e. The van der Waals surface area contributed by atoms with Crippen molar-refractivity contribution in [2.45, 2.75) is 12.6 Å². The number of methoxy groups -OCH3 is 1. The number of rotatable bonds is 5. The highest BCUT2D eigenvalue weighted by molar-refractivity contribution is 6.46. The summed E-state index contributed by atoms with van der Waals surface area (Å²) in [7, 11) is 1.42. The monoisotopic (exact) mass is 468 g/mol. The van der Waals surface area contributed by atoms with Gasteiger partial charge in [-0.05, 0) is 29.8 Å². The third-order valence-corrected chi connectivity index (χ3v) is 5.75. The molecule has 1 unspecified atom stereocenters. The van der Waals surface area contributed by atoms with Gasteiger partial charge < -0.3 is 14.7 Å². The van der Waals surface area contributed by atoms with E-state index in [0.717, 1.165) is 0 Å². The highest BCUT2D eigenvalue weighted by Crippen LogP contribution is 2.42. The van der Waals surface area contributed by atoms with Crippen molar-refractivity contribution in [3.63, 3.8) is 0 Å². The molecule has 1 fully saturated rings. The highest BCUT2D eigenvalue weighted by atomic mass is 35.5. The fraction of sp³-hybridized carbons (Fsp3) is 0.125. The quantitative estimate of drug-likeness (QED) is 0.323. The Morgan fingerprint density at radius 1 is 1.06 bits per heavy atom. The minimum Gasteiger partial charge on any atom is -0.507 e. The first kappa shape index (κ1) is 21.9. The lowest BCUT2D eigenvalue weighted by Crippen LogP contribution is -2.29. The van der Waals surface area contributed by atoms with Crippen molar-refractivity contribution in [3.05, 3.63) is 99.3 Å². The van der Waals surface area contributed by atoms with Crippen LogP contribution in [0.5, 0.6) is 5.75 Å². The van der Waals surface area contributed by atoms with Crippen molar-refractivity contribution in [3.8, 4) is 5.75 Å². The Balaban J connectivity index is 1.87. The number of nitrogens with zero attached hydrogens (tertiary/aromatic N) is 2. The van der Waals surface area contributed by atoms with Crippen molar-refractivity contribution in [1.82, 2.24) is 9.88 Å². The van der Waals surface area contributed by atoms with Crippen LogP contribution in [0.15, 0.2) is 72.4 Å². The molecule has 162 valence electrons. The zero-order chi connectivity index (χ0) is 22.8. The summed E-state index contributed by atoms with van der Waals surface area (Å²) < 4.78 is 5.15. The second kappa shape index (κ2) is 9.02. The van der Waals surface area contributed by atoms with E-state index in [1.54, 1.807) is 48.7 Å². The van der Waals surface area contributed by atoms with Crippen LogP contribution < -0.4 is 4.74 Å². The largest absolute Gasteiger partial charge is 0.507 e. The number of benzene rings is 2. The number of likely N-dealkylation sites (tertiary alicyclic amines) is 1. The van der Waals surface area contributed by atoms with Crippen molar-refractivity contribution in [1.29, 1.82) is 0 Å². The summed E-state index contributed by atoms with van der Waals surface area (Å²) in [4.78, 5) is 31.8. The highest BCUT2D eigenvalue weighted by Gasteiger charge is 2.46. The zero-order valence-corrected chi connectivity index (χ0v) is 18.5. The topological polar surface area (TPSA) is 79.7 Å². The molecular weight excluding hydrogens is 451 g/mol. The molecular formula is C24H18Cl2N2O4. The number of carbonyl (C=O) groups is 2. The third kappa shape index (κ3) is 3.95. The summed E-state index contributed by atoms with van der Waals surface area (Å²) >= 11 is 12.5. The second-order valence-corrected chi connectivity index (χ2v) is 7.95. The number of hydrogen-bond donors (Lipinski definition) is 1. The second-order valence-electron chi connectivity index (χ2n) is 7.13. The number of hydrogen-bond acceptors (Lipinski definition) is 5. The smallest absolute Gasteiger partial charge is 0.296 e. The predicted molar refractivity (Wildman–Crippen MR) is 122 cm³/mol. The van der Waals surface area contributed by atoms with E-state index in [4.69, 9.17) is 27.9 Å². The van der Waals surface area contributed by atoms with Crippen LogP contribution in [0.2, 0.25) is 10.0 Å². The molecule has 1 aromatic heterocycles. The van der Waals surface area contributed by atoms with Crippen LogP contribution in [-0.4, -0.2) is 33.8 Å². The molecule has 1 amide bonds. The van der Waals surface area contributed by atoms with E-state index in [0.29, 0.717) is 11.3 Å². The molecule has 2 heterocycles. The molecule has 1 aliphatic heterocycles. The number of halogens is 2. The van der Waals surface area contributed by atoms with Gasteiger partial charge in [0, 0.05) is 11.8 Å². The molecule has 2 aromatic carbocycles. The van der Waals surface area contributed by atoms with E-state index in [9.17, 15) is 14.7 Å². The normalized spacial score (nSPS) is 17.6. The molecule has 32 heavy (non-hydrogen) atoms. The number of aliphatic hydroxyl groups excluding tert-OH is 1. The molecule has 0 bridgehead atoms. The van der Waals surface area contributed by atoms with Crippen LogP contribution in [0.3, 0.4) is 0 Å². The molecule has 0 aliphatic carbocycles. The lowest BCUT2D eigenvalue weighted by atomic mass is 9.95. The first-order valence-corrected chi connectivity index (χ1v) is 10.4. The molecule has 6 nitrogen and oxygen atoms in total. The van der Waals surface area contributed by atoms with Crippen molar-refractivity contribution in [2.24, 2.45) is 0 Å². The van der Waals surface area contributed by atoms with Crippen LogP contribution in [0.4, 0.5) is 0 Å². The molecule has 1 saturated heterocycles. The lowest BCUT2D eigenvalue weighted by Gasteiger charge is -2.25. The average molecular weight is 469 g/mol. The van der Waals surface area contributed by atoms with Gasteiger partial charge in [-0.25, -0.2) is 0 Å². The van der Waals surface area contributed by atoms with Gasteiger partial charge in [0.2, 0.25) is 0 Å². The molecule has 4 rings (SSSR count). The fourth-order valence-electron chi connectivity index (χ4n) is 3.74. The summed E-state index contributed by atoms with van der Waals surface area (Å²) in [6.45, 7) is 0.103. The van der Waals surface area contributed by atoms with Gasteiger partial charge in [-0.1, -0.05) is 59.6 Å². The lowest BCUT2D eigenvalue weighted by molar-refractivity contribution is -0.140. The Bertz CT molecular complexity index is 1190. The van der Waals surface area contributed by atoms with Gasteiger partial charge in [0.25, 0.3) is 11.7 Å². The SMILES string of the molecule is COc1c(Cl)cc(/C(O)=C2\C(=O)C(=O)N(Cc3ccccn3)C2c2ccccc2)cc1Cl. The first-order chi connectivity index (χ1) is 15.4. The first-order valence-electron chi connectivity index (χ1n) is 9.69. The number of Topliss-reactive ketones (excluding diaryl/α,β-unsaturated/α-hetero) is 1. The molecule has 3 aromatic rings. The Hall–Kier alpha value is -3.35. The molecule has 0 radical (unpaired) electrons. The Kier molecular flexibility index (Phi) is 6.17. The summed E-state index contributed by atoms with van der Waals surface area (Å²) in [6, 6.07) is 16.4. The minimum absolute atomic E-state index is 0.0468. The van der Waals surface area contributed by atoms with Gasteiger partial charge in [-0.2, -0.15) is 0 Å². The molecule has 0 spiro atoms. The van der Waals surface area contributed by atoms with Gasteiger partial charge in [-0.3, -0.25) is 14.6 Å². The van der Waals surface area contributed by atoms with Crippen molar-refractivity contribution < 1.29 is 19.4 Å². The minimum atomic E-state index is -0.808. The van der Waals surface area contributed by atoms with Gasteiger partial charge in [0.05, 0.1) is 41.0 Å². The van der Waals surface area contributed by atoms with Crippen LogP contribution >= 0.6 is 23.2 Å². The number of aliphatic hydroxyl groups is 1. The molecule has 0 saturated carbocycles. The predicted octanol–water partition coefficient (Wildman–Crippen LogP) is 5.02. The van der Waals surface area contributed by atoms with E-state index in [2.05, 4.69) is 4.98 Å². The Labute approximate surface area is 194 Å². The third-order valence-electron chi connectivity index (χ3n) is 5.19. The average Bonchev–Trinajstić information content (AvgIpc) is 3.04. The molecule has 1 aliphatic rings. The van der Waals surface area contributed by atoms with E-state index >= 15 is 0 Å². The Morgan fingerprint density at radius 3 is 2.31 bits per heavy atom. The van der Waals surface area contributed by atoms with E-state index in [-0.39, 0.29) is 39.2 Å². The Morgan fingerprint density at radius 2 is 1.72 bits per heavy atom. The number of pyridine rings is 1. The van der Waals surface area contributed by atoms with Crippen molar-refractivity contribution in [2.75, 3.05) is 7.11 Å². The van der Waals surface area contributed by atoms with Gasteiger partial charge >= 0.3 is 0 Å². The number of ketones is 1. The van der Waals surface area contributed by atoms with Crippen LogP contribution in [0.25, 0.3) is 5.76 Å². The van der Waals surface area contributed by atoms with Gasteiger partial charge in [0.15, 0.2) is 5.75 Å². The van der Waals surface area contributed by atoms with Crippen LogP contribution in [0, 0.1) is 0 Å². The summed E-state index contributed by atoms with van der Waals surface area (Å²) in [5.74, 6) is -1.64. The number of ether oxygens (including phenoxy) is 1. The standard InChI is InChI=1S/C24H18Cl2N2O4/c1-32-23-17(25)11-15(12-18(23)26)21(29)19-20(14-7-3-2-4-8-14)28(24(31)22(19)30)13-16-9-5-6-10-27-16/h2-12,20,29H,13H2,1H3/b21-19+. The van der Waals surface area contributed by atoms with Gasteiger partial charge in [0.1, 0.15) is 5.76 Å². The van der Waals surface area contributed by atoms with Crippen LogP contribution in [0.1, 0.15) is 22.9 Å². The van der Waals surface area contributed by atoms with E-state index < -0.39 is 17.7 Å². The van der Waals surface area contributed by atoms with Crippen molar-refractivity contribution >= 4 is 40.7 Å². The summed E-state index contributed by atoms with van der Waals surface area (Å²) in [5.41, 5.74) is 1.45. The number of aromatic nitrogens is 1. The summed E-state index contributed by atoms with van der Waals surface area (Å²) in [6.07, 6.45) is 1.62. The maximum absolute atomic E-state index is 13.1. The zero-order valence-electron chi connectivity index (χ0n) is 17.0. The molecule has 8 heteroatoms. The summed E-state index contributed by atoms with van der Waals surface area (Å²) in [5, 5.41) is 11.5. The molecule has 1 N–H and O–H groups in total.